The maximum atomic E-state index is 13.3. The molecule has 0 radical (unpaired) electrons. The molecule has 10 heteroatoms. The molecule has 6 unspecified atom stereocenters. The lowest BCUT2D eigenvalue weighted by molar-refractivity contribution is -0.223. The molecule has 0 aromatic heterocycles. The Labute approximate surface area is 376 Å². The van der Waals surface area contributed by atoms with Gasteiger partial charge in [0.15, 0.2) is 0 Å². The van der Waals surface area contributed by atoms with Crippen LogP contribution in [0.2, 0.25) is 0 Å². The summed E-state index contributed by atoms with van der Waals surface area (Å²) >= 11 is 1.99. The molecule has 1 heterocycles. The molecule has 4 aliphatic rings. The number of amides is 1. The second kappa shape index (κ2) is 25.8. The number of hydrogen-bond donors (Lipinski definition) is 3. The predicted octanol–water partition coefficient (Wildman–Crippen LogP) is 12.2. The molecule has 3 N–H and O–H groups in total. The average Bonchev–Trinajstić information content (AvgIpc) is 3.80. The Morgan fingerprint density at radius 1 is 0.919 bits per heavy atom. The molecule has 3 aliphatic carbocycles. The molecular weight excluding hydrogens is 797 g/mol. The van der Waals surface area contributed by atoms with Crippen molar-refractivity contribution in [2.24, 2.45) is 22.9 Å². The predicted molar refractivity (Wildman–Crippen MR) is 252 cm³/mol. The number of nitrogens with zero attached hydrogens (tertiary/aromatic N) is 1. The summed E-state index contributed by atoms with van der Waals surface area (Å²) in [5, 5.41) is 28.3. The average molecular weight is 873 g/mol. The zero-order chi connectivity index (χ0) is 43.4. The number of benzene rings is 2. The number of allylic oxidation sites excluding steroid dienone is 1. The van der Waals surface area contributed by atoms with Crippen molar-refractivity contribution in [2.75, 3.05) is 26.4 Å². The molecule has 2 aromatic rings. The van der Waals surface area contributed by atoms with Gasteiger partial charge in [-0.3, -0.25) is 0 Å². The molecule has 1 aliphatic heterocycles. The van der Waals surface area contributed by atoms with Crippen LogP contribution >= 0.6 is 11.8 Å². The lowest BCUT2D eigenvalue weighted by Crippen LogP contribution is -2.64. The smallest absolute Gasteiger partial charge is 0.412 e. The van der Waals surface area contributed by atoms with Gasteiger partial charge in [-0.2, -0.15) is 0 Å². The van der Waals surface area contributed by atoms with Gasteiger partial charge in [0.05, 0.1) is 23.5 Å². The van der Waals surface area contributed by atoms with E-state index in [2.05, 4.69) is 37.0 Å². The maximum absolute atomic E-state index is 13.3. The second-order valence-corrected chi connectivity index (χ2v) is 19.6. The lowest BCUT2D eigenvalue weighted by atomic mass is 9.56. The van der Waals surface area contributed by atoms with Crippen LogP contribution in [0.4, 0.5) is 4.79 Å². The van der Waals surface area contributed by atoms with Crippen LogP contribution in [0.15, 0.2) is 78.0 Å². The number of rotatable bonds is 28. The molecule has 1 amide bonds. The van der Waals surface area contributed by atoms with Crippen LogP contribution in [0.1, 0.15) is 159 Å². The van der Waals surface area contributed by atoms with E-state index in [1.54, 1.807) is 0 Å². The largest absolute Gasteiger partial charge is 0.460 e. The van der Waals surface area contributed by atoms with Crippen molar-refractivity contribution in [2.45, 2.75) is 171 Å². The van der Waals surface area contributed by atoms with Crippen LogP contribution < -0.4 is 14.8 Å². The summed E-state index contributed by atoms with van der Waals surface area (Å²) in [6.07, 6.45) is 26.7. The Hall–Kier alpha value is -3.31. The summed E-state index contributed by atoms with van der Waals surface area (Å²) in [5.74, 6) is 0.290. The summed E-state index contributed by atoms with van der Waals surface area (Å²) in [5.41, 5.74) is 4.12. The fourth-order valence-electron chi connectivity index (χ4n) is 10.5. The quantitative estimate of drug-likeness (QED) is 0.0439. The molecule has 0 spiro atoms. The molecular formula is C52H76N2O7S. The number of carbonyl (C=O) groups is 1. The van der Waals surface area contributed by atoms with Crippen LogP contribution in [0.25, 0.3) is 0 Å². The summed E-state index contributed by atoms with van der Waals surface area (Å²) in [7, 11) is 0. The fraction of sp³-hybridized carbons (Fsp3) is 0.654. The number of aliphatic hydroxyl groups is 2. The van der Waals surface area contributed by atoms with Gasteiger partial charge >= 0.3 is 6.09 Å². The maximum Gasteiger partial charge on any atom is 0.412 e. The van der Waals surface area contributed by atoms with Gasteiger partial charge in [-0.15, -0.1) is 18.3 Å². The molecule has 62 heavy (non-hydrogen) atoms. The Morgan fingerprint density at radius 3 is 2.34 bits per heavy atom. The van der Waals surface area contributed by atoms with Crippen molar-refractivity contribution in [3.8, 4) is 11.5 Å². The van der Waals surface area contributed by atoms with Crippen molar-refractivity contribution in [1.82, 2.24) is 5.32 Å². The van der Waals surface area contributed by atoms with E-state index in [9.17, 15) is 15.0 Å². The third-order valence-corrected chi connectivity index (χ3v) is 15.2. The number of ether oxygens (including phenoxy) is 3. The van der Waals surface area contributed by atoms with Crippen molar-refractivity contribution >= 4 is 23.6 Å². The van der Waals surface area contributed by atoms with E-state index in [4.69, 9.17) is 24.2 Å². The fourth-order valence-corrected chi connectivity index (χ4v) is 12.2. The number of oxime groups is 1. The molecule has 6 rings (SSSR count). The Balaban J connectivity index is 1.31. The van der Waals surface area contributed by atoms with Crippen molar-refractivity contribution in [3.63, 3.8) is 0 Å². The number of unbranched alkanes of at least 4 members (excludes halogenated alkanes) is 11. The molecule has 6 atom stereocenters. The Kier molecular flexibility index (Phi) is 20.1. The van der Waals surface area contributed by atoms with E-state index in [0.29, 0.717) is 37.2 Å². The third kappa shape index (κ3) is 13.1. The molecule has 0 saturated heterocycles. The van der Waals surface area contributed by atoms with Crippen LogP contribution in [0.3, 0.4) is 0 Å². The van der Waals surface area contributed by atoms with E-state index >= 15 is 0 Å². The van der Waals surface area contributed by atoms with Crippen molar-refractivity contribution < 1.29 is 34.1 Å². The van der Waals surface area contributed by atoms with Gasteiger partial charge in [-0.25, -0.2) is 4.79 Å². The van der Waals surface area contributed by atoms with E-state index < -0.39 is 11.9 Å². The summed E-state index contributed by atoms with van der Waals surface area (Å²) in [6.45, 7) is 7.92. The highest BCUT2D eigenvalue weighted by Crippen LogP contribution is 2.63. The first-order chi connectivity index (χ1) is 30.5. The standard InChI is InChI=1S/C52H76N2O7S/c1-3-5-6-7-8-9-10-11-12-20-31-53-51(57)60-41-29-30-47-45(36-41)49-43(28-19-22-33-56)40(25-18-21-32-55)35-44-46(54-59-38-39-23-14-13-15-24-39)37-48(62-42-26-16-17-27-42)52(61-47,50(44)49)58-34-4-2/h4,13-15,23-24,29-30,35-36,40,42-43,48-50,55-56H,2-3,5-12,16-22,25-28,31-34,37-38H2,1H3,(H,53,57). The van der Waals surface area contributed by atoms with Gasteiger partial charge in [-0.1, -0.05) is 138 Å². The molecule has 0 bridgehead atoms. The van der Waals surface area contributed by atoms with Crippen LogP contribution in [0, 0.1) is 17.8 Å². The first kappa shape index (κ1) is 48.2. The van der Waals surface area contributed by atoms with Gasteiger partial charge in [0, 0.05) is 42.9 Å². The number of nitrogens with one attached hydrogen (secondary N) is 1. The summed E-state index contributed by atoms with van der Waals surface area (Å²) in [6, 6.07) is 16.0. The minimum Gasteiger partial charge on any atom is -0.460 e. The lowest BCUT2D eigenvalue weighted by Gasteiger charge is -2.58. The van der Waals surface area contributed by atoms with E-state index in [0.717, 1.165) is 79.5 Å². The van der Waals surface area contributed by atoms with Gasteiger partial charge in [0.1, 0.15) is 18.1 Å². The van der Waals surface area contributed by atoms with Crippen LogP contribution in [-0.2, 0) is 16.2 Å². The van der Waals surface area contributed by atoms with E-state index in [1.807, 2.05) is 54.2 Å². The van der Waals surface area contributed by atoms with Gasteiger partial charge in [-0.05, 0) is 86.1 Å². The van der Waals surface area contributed by atoms with Crippen LogP contribution in [0.5, 0.6) is 11.5 Å². The highest BCUT2D eigenvalue weighted by molar-refractivity contribution is 8.00. The number of fused-ring (bicyclic) bond motifs is 2. The number of carbonyl (C=O) groups excluding carboxylic acids is 1. The van der Waals surface area contributed by atoms with E-state index in [1.165, 1.54) is 77.0 Å². The first-order valence-corrected chi connectivity index (χ1v) is 25.3. The molecule has 2 fully saturated rings. The van der Waals surface area contributed by atoms with E-state index in [-0.39, 0.29) is 42.1 Å². The SMILES string of the molecule is C=CCOC12Oc3ccc(OC(=O)NCCCCCCCCCCCC)cc3C3C(CCCCO)C(CCCCO)C=C(C(=NOCc4ccccc4)CC1SC1CCCC1)C32. The Morgan fingerprint density at radius 2 is 1.63 bits per heavy atom. The van der Waals surface area contributed by atoms with Crippen molar-refractivity contribution in [3.05, 3.63) is 84.0 Å². The third-order valence-electron chi connectivity index (χ3n) is 13.5. The first-order valence-electron chi connectivity index (χ1n) is 24.4. The van der Waals surface area contributed by atoms with Crippen molar-refractivity contribution in [1.29, 1.82) is 0 Å². The summed E-state index contributed by atoms with van der Waals surface area (Å²) in [4.78, 5) is 19.5. The zero-order valence-corrected chi connectivity index (χ0v) is 38.4. The number of thioether (sulfide) groups is 1. The normalized spacial score (nSPS) is 24.8. The molecule has 342 valence electrons. The minimum atomic E-state index is -1.01. The topological polar surface area (TPSA) is 119 Å². The van der Waals surface area contributed by atoms with Gasteiger partial charge < -0.3 is 34.6 Å². The minimum absolute atomic E-state index is 0.0639. The monoisotopic (exact) mass is 873 g/mol. The highest BCUT2D eigenvalue weighted by Gasteiger charge is 2.64. The second-order valence-electron chi connectivity index (χ2n) is 18.0. The van der Waals surface area contributed by atoms with Crippen LogP contribution in [-0.4, -0.2) is 64.7 Å². The molecule has 9 nitrogen and oxygen atoms in total. The number of aliphatic hydroxyl groups excluding tert-OH is 2. The molecule has 2 saturated carbocycles. The summed E-state index contributed by atoms with van der Waals surface area (Å²) < 4.78 is 20.5. The Bertz CT molecular complexity index is 1710. The van der Waals surface area contributed by atoms with Gasteiger partial charge in [0.25, 0.3) is 0 Å². The molecule has 2 aromatic carbocycles. The van der Waals surface area contributed by atoms with Gasteiger partial charge in [0.2, 0.25) is 5.79 Å². The highest BCUT2D eigenvalue weighted by atomic mass is 32.2. The number of hydrogen-bond acceptors (Lipinski definition) is 9. The zero-order valence-electron chi connectivity index (χ0n) is 37.6.